The first kappa shape index (κ1) is 12.3. The summed E-state index contributed by atoms with van der Waals surface area (Å²) in [6, 6.07) is 0. The van der Waals surface area contributed by atoms with Gasteiger partial charge in [0.1, 0.15) is 5.33 Å². The Labute approximate surface area is 76.2 Å². The van der Waals surface area contributed by atoms with Crippen molar-refractivity contribution in [2.45, 2.75) is 20.0 Å². The Morgan fingerprint density at radius 2 is 2.11 bits per heavy atom. The van der Waals surface area contributed by atoms with E-state index < -0.39 is 0 Å². The minimum Gasteiger partial charge on any atom is -0.462 e. The standard InChI is InChI=1S/C5H9BrO2.Zn/c1-4(2)8-5(7)3-6;/h4H,3H2,1-2H3;. The molecule has 2 nitrogen and oxygen atoms in total. The first-order valence-corrected chi connectivity index (χ1v) is 3.54. The predicted molar refractivity (Wildman–Crippen MR) is 35.0 cm³/mol. The Bertz CT molecular complexity index is 85.0. The normalized spacial score (nSPS) is 8.44. The van der Waals surface area contributed by atoms with E-state index in [0.29, 0.717) is 0 Å². The van der Waals surface area contributed by atoms with E-state index >= 15 is 0 Å². The third-order valence-electron chi connectivity index (χ3n) is 0.476. The monoisotopic (exact) mass is 244 g/mol. The van der Waals surface area contributed by atoms with E-state index in [1.807, 2.05) is 13.8 Å². The number of alkyl halides is 1. The SMILES string of the molecule is CC(C)OC(=O)CBr.[Zn]. The van der Waals surface area contributed by atoms with Gasteiger partial charge in [0.2, 0.25) is 0 Å². The van der Waals surface area contributed by atoms with Gasteiger partial charge in [-0.25, -0.2) is 0 Å². The quantitative estimate of drug-likeness (QED) is 0.417. The molecular weight excluding hydrogens is 237 g/mol. The van der Waals surface area contributed by atoms with Crippen LogP contribution >= 0.6 is 15.9 Å². The van der Waals surface area contributed by atoms with Crippen LogP contribution in [0.25, 0.3) is 0 Å². The van der Waals surface area contributed by atoms with Gasteiger partial charge in [0, 0.05) is 19.5 Å². The molecule has 50 valence electrons. The van der Waals surface area contributed by atoms with Crippen molar-refractivity contribution in [3.63, 3.8) is 0 Å². The fraction of sp³-hybridized carbons (Fsp3) is 0.800. The minimum atomic E-state index is -0.208. The van der Waals surface area contributed by atoms with Crippen LogP contribution in [0.1, 0.15) is 13.8 Å². The minimum absolute atomic E-state index is 0. The van der Waals surface area contributed by atoms with Crippen LogP contribution in [0.15, 0.2) is 0 Å². The van der Waals surface area contributed by atoms with E-state index in [0.717, 1.165) is 0 Å². The molecule has 0 aromatic heterocycles. The van der Waals surface area contributed by atoms with Gasteiger partial charge in [0.15, 0.2) is 0 Å². The Balaban J connectivity index is 0. The number of rotatable bonds is 2. The van der Waals surface area contributed by atoms with Crippen molar-refractivity contribution in [1.29, 1.82) is 0 Å². The van der Waals surface area contributed by atoms with Crippen LogP contribution < -0.4 is 0 Å². The van der Waals surface area contributed by atoms with Crippen LogP contribution in [0.3, 0.4) is 0 Å². The van der Waals surface area contributed by atoms with Gasteiger partial charge in [-0.2, -0.15) is 0 Å². The summed E-state index contributed by atoms with van der Waals surface area (Å²) in [6.07, 6.45) is 0.0000463. The van der Waals surface area contributed by atoms with E-state index in [2.05, 4.69) is 15.9 Å². The van der Waals surface area contributed by atoms with E-state index in [1.54, 1.807) is 0 Å². The van der Waals surface area contributed by atoms with Gasteiger partial charge < -0.3 is 4.74 Å². The van der Waals surface area contributed by atoms with Gasteiger partial charge in [-0.1, -0.05) is 15.9 Å². The number of esters is 1. The molecule has 0 radical (unpaired) electrons. The summed E-state index contributed by atoms with van der Waals surface area (Å²) in [6.45, 7) is 3.64. The Hall–Kier alpha value is 0.573. The van der Waals surface area contributed by atoms with Crippen LogP contribution in [0.2, 0.25) is 0 Å². The number of hydrogen-bond acceptors (Lipinski definition) is 2. The zero-order valence-corrected chi connectivity index (χ0v) is 10.2. The molecule has 0 heterocycles. The van der Waals surface area contributed by atoms with E-state index in [9.17, 15) is 4.79 Å². The zero-order valence-electron chi connectivity index (χ0n) is 5.69. The number of hydrogen-bond donors (Lipinski definition) is 0. The van der Waals surface area contributed by atoms with Gasteiger partial charge in [-0.3, -0.25) is 4.79 Å². The van der Waals surface area contributed by atoms with Crippen LogP contribution in [-0.2, 0) is 29.0 Å². The molecule has 9 heavy (non-hydrogen) atoms. The molecule has 0 aromatic rings. The Kier molecular flexibility index (Phi) is 9.12. The smallest absolute Gasteiger partial charge is 0.316 e. The van der Waals surface area contributed by atoms with Gasteiger partial charge in [-0.05, 0) is 13.8 Å². The van der Waals surface area contributed by atoms with Crippen LogP contribution in [0.4, 0.5) is 0 Å². The number of halogens is 1. The molecule has 0 spiro atoms. The molecule has 0 unspecified atom stereocenters. The molecule has 0 aromatic carbocycles. The molecule has 0 saturated heterocycles. The maximum atomic E-state index is 10.4. The molecular formula is C5H9BrO2Zn. The summed E-state index contributed by atoms with van der Waals surface area (Å²) < 4.78 is 4.71. The number of carbonyl (C=O) groups is 1. The first-order valence-electron chi connectivity index (χ1n) is 2.42. The molecule has 0 aliphatic rings. The van der Waals surface area contributed by atoms with E-state index in [4.69, 9.17) is 4.74 Å². The fourth-order valence-electron chi connectivity index (χ4n) is 0.294. The van der Waals surface area contributed by atoms with Crippen LogP contribution in [-0.4, -0.2) is 17.4 Å². The van der Waals surface area contributed by atoms with Gasteiger partial charge in [0.05, 0.1) is 6.10 Å². The van der Waals surface area contributed by atoms with Crippen molar-refractivity contribution in [2.75, 3.05) is 5.33 Å². The molecule has 0 bridgehead atoms. The summed E-state index contributed by atoms with van der Waals surface area (Å²) in [4.78, 5) is 10.4. The summed E-state index contributed by atoms with van der Waals surface area (Å²) >= 11 is 2.97. The average Bonchev–Trinajstić information content (AvgIpc) is 1.65. The molecule has 0 atom stereocenters. The second-order valence-electron chi connectivity index (χ2n) is 1.67. The van der Waals surface area contributed by atoms with Crippen LogP contribution in [0, 0.1) is 0 Å². The molecule has 0 amide bonds. The Morgan fingerprint density at radius 1 is 1.67 bits per heavy atom. The third-order valence-corrected chi connectivity index (χ3v) is 0.934. The summed E-state index contributed by atoms with van der Waals surface area (Å²) in [5.74, 6) is -0.208. The van der Waals surface area contributed by atoms with Gasteiger partial charge in [-0.15, -0.1) is 0 Å². The number of carbonyl (C=O) groups excluding carboxylic acids is 1. The topological polar surface area (TPSA) is 26.3 Å². The van der Waals surface area contributed by atoms with Gasteiger partial charge in [0.25, 0.3) is 0 Å². The molecule has 0 rings (SSSR count). The van der Waals surface area contributed by atoms with Crippen molar-refractivity contribution in [1.82, 2.24) is 0 Å². The van der Waals surface area contributed by atoms with E-state index in [-0.39, 0.29) is 36.9 Å². The van der Waals surface area contributed by atoms with Gasteiger partial charge >= 0.3 is 5.97 Å². The summed E-state index contributed by atoms with van der Waals surface area (Å²) in [5.41, 5.74) is 0. The van der Waals surface area contributed by atoms with E-state index in [1.165, 1.54) is 0 Å². The van der Waals surface area contributed by atoms with Crippen molar-refractivity contribution in [2.24, 2.45) is 0 Å². The van der Waals surface area contributed by atoms with Crippen molar-refractivity contribution < 1.29 is 29.0 Å². The maximum absolute atomic E-state index is 10.4. The molecule has 0 saturated carbocycles. The predicted octanol–water partition coefficient (Wildman–Crippen LogP) is 1.33. The largest absolute Gasteiger partial charge is 0.462 e. The number of ether oxygens (including phenoxy) is 1. The van der Waals surface area contributed by atoms with Crippen molar-refractivity contribution >= 4 is 21.9 Å². The van der Waals surface area contributed by atoms with Crippen LogP contribution in [0.5, 0.6) is 0 Å². The second kappa shape index (κ2) is 6.69. The third kappa shape index (κ3) is 8.57. The second-order valence-corrected chi connectivity index (χ2v) is 2.23. The van der Waals surface area contributed by atoms with Crippen molar-refractivity contribution in [3.8, 4) is 0 Å². The maximum Gasteiger partial charge on any atom is 0.316 e. The Morgan fingerprint density at radius 3 is 2.22 bits per heavy atom. The fourth-order valence-corrected chi connectivity index (χ4v) is 0.427. The molecule has 0 fully saturated rings. The summed E-state index contributed by atoms with van der Waals surface area (Å²) in [5, 5.41) is 0.283. The first-order chi connectivity index (χ1) is 3.66. The zero-order chi connectivity index (χ0) is 6.57. The molecule has 0 aliphatic heterocycles. The van der Waals surface area contributed by atoms with Crippen molar-refractivity contribution in [3.05, 3.63) is 0 Å². The molecule has 0 aliphatic carbocycles. The molecule has 0 N–H and O–H groups in total. The summed E-state index contributed by atoms with van der Waals surface area (Å²) in [7, 11) is 0. The molecule has 4 heteroatoms. The average molecular weight is 246 g/mol.